The van der Waals surface area contributed by atoms with Crippen LogP contribution in [-0.4, -0.2) is 24.8 Å². The zero-order valence-electron chi connectivity index (χ0n) is 11.3. The fraction of sp³-hybridized carbons (Fsp3) is 0.0667. The summed E-state index contributed by atoms with van der Waals surface area (Å²) in [4.78, 5) is 5.07. The number of halogens is 1. The molecule has 3 heterocycles. The zero-order valence-corrected chi connectivity index (χ0v) is 12.9. The predicted octanol–water partition coefficient (Wildman–Crippen LogP) is 3.49. The highest BCUT2D eigenvalue weighted by molar-refractivity contribution is 7.16. The molecule has 0 unspecified atom stereocenters. The van der Waals surface area contributed by atoms with Crippen LogP contribution in [0.1, 0.15) is 10.6 Å². The maximum absolute atomic E-state index is 5.91. The lowest BCUT2D eigenvalue weighted by atomic mass is 10.2. The first-order chi connectivity index (χ1) is 10.8. The van der Waals surface area contributed by atoms with Crippen molar-refractivity contribution in [1.82, 2.24) is 24.8 Å². The minimum absolute atomic E-state index is 0.661. The fourth-order valence-corrected chi connectivity index (χ4v) is 3.15. The van der Waals surface area contributed by atoms with Gasteiger partial charge in [0.05, 0.1) is 0 Å². The topological polar surface area (TPSA) is 56.0 Å². The smallest absolute Gasteiger partial charge is 0.235 e. The Morgan fingerprint density at radius 2 is 1.91 bits per heavy atom. The van der Waals surface area contributed by atoms with Crippen LogP contribution in [0.3, 0.4) is 0 Å². The molecular formula is C15H10ClN5S. The molecule has 0 saturated carbocycles. The Bertz CT molecular complexity index is 914. The van der Waals surface area contributed by atoms with E-state index in [9.17, 15) is 0 Å². The summed E-state index contributed by atoms with van der Waals surface area (Å²) in [6, 6.07) is 13.5. The molecule has 4 aromatic rings. The van der Waals surface area contributed by atoms with Crippen molar-refractivity contribution < 1.29 is 0 Å². The SMILES string of the molecule is Clc1ccc(Cc2nn3c(-c4ccccn4)nnc3s2)cc1. The first kappa shape index (κ1) is 13.4. The van der Waals surface area contributed by atoms with Gasteiger partial charge in [-0.15, -0.1) is 10.2 Å². The molecule has 0 spiro atoms. The molecule has 0 amide bonds. The third-order valence-electron chi connectivity index (χ3n) is 3.20. The molecule has 4 rings (SSSR count). The number of pyridine rings is 1. The van der Waals surface area contributed by atoms with Crippen molar-refractivity contribution in [2.24, 2.45) is 0 Å². The number of rotatable bonds is 3. The lowest BCUT2D eigenvalue weighted by Gasteiger charge is -1.97. The van der Waals surface area contributed by atoms with E-state index >= 15 is 0 Å². The lowest BCUT2D eigenvalue weighted by molar-refractivity contribution is 0.912. The van der Waals surface area contributed by atoms with Crippen molar-refractivity contribution >= 4 is 27.9 Å². The van der Waals surface area contributed by atoms with E-state index < -0.39 is 0 Å². The van der Waals surface area contributed by atoms with Gasteiger partial charge in [0.25, 0.3) is 0 Å². The van der Waals surface area contributed by atoms with Crippen LogP contribution >= 0.6 is 22.9 Å². The summed E-state index contributed by atoms with van der Waals surface area (Å²) in [5.74, 6) is 0.661. The normalized spacial score (nSPS) is 11.1. The highest BCUT2D eigenvalue weighted by Crippen LogP contribution is 2.22. The molecule has 0 aliphatic carbocycles. The number of fused-ring (bicyclic) bond motifs is 1. The third-order valence-corrected chi connectivity index (χ3v) is 4.35. The van der Waals surface area contributed by atoms with Gasteiger partial charge >= 0.3 is 0 Å². The summed E-state index contributed by atoms with van der Waals surface area (Å²) in [5, 5.41) is 14.7. The van der Waals surface area contributed by atoms with Crippen LogP contribution in [0.4, 0.5) is 0 Å². The van der Waals surface area contributed by atoms with Crippen molar-refractivity contribution in [3.63, 3.8) is 0 Å². The van der Waals surface area contributed by atoms with Gasteiger partial charge < -0.3 is 0 Å². The monoisotopic (exact) mass is 327 g/mol. The minimum atomic E-state index is 0.661. The van der Waals surface area contributed by atoms with Crippen LogP contribution in [0.2, 0.25) is 5.02 Å². The first-order valence-corrected chi connectivity index (χ1v) is 7.86. The largest absolute Gasteiger partial charge is 0.253 e. The molecule has 0 aliphatic heterocycles. The van der Waals surface area contributed by atoms with Crippen molar-refractivity contribution in [3.05, 3.63) is 64.3 Å². The molecule has 0 aliphatic rings. The highest BCUT2D eigenvalue weighted by Gasteiger charge is 2.14. The van der Waals surface area contributed by atoms with Crippen LogP contribution in [0, 0.1) is 0 Å². The molecule has 22 heavy (non-hydrogen) atoms. The molecule has 0 saturated heterocycles. The molecule has 0 fully saturated rings. The van der Waals surface area contributed by atoms with Gasteiger partial charge in [-0.3, -0.25) is 4.98 Å². The number of nitrogens with zero attached hydrogens (tertiary/aromatic N) is 5. The molecule has 7 heteroatoms. The molecule has 5 nitrogen and oxygen atoms in total. The summed E-state index contributed by atoms with van der Waals surface area (Å²) in [7, 11) is 0. The second-order valence-corrected chi connectivity index (χ2v) is 6.21. The van der Waals surface area contributed by atoms with E-state index in [1.165, 1.54) is 11.3 Å². The number of benzene rings is 1. The second-order valence-electron chi connectivity index (χ2n) is 4.73. The van der Waals surface area contributed by atoms with Crippen molar-refractivity contribution in [3.8, 4) is 11.5 Å². The van der Waals surface area contributed by atoms with Crippen molar-refractivity contribution in [2.75, 3.05) is 0 Å². The molecule has 0 N–H and O–H groups in total. The number of hydrogen-bond acceptors (Lipinski definition) is 5. The minimum Gasteiger partial charge on any atom is -0.253 e. The molecule has 0 bridgehead atoms. The summed E-state index contributed by atoms with van der Waals surface area (Å²) in [5.41, 5.74) is 1.92. The Labute approximate surface area is 135 Å². The van der Waals surface area contributed by atoms with Gasteiger partial charge in [0.2, 0.25) is 10.8 Å². The number of aromatic nitrogens is 5. The van der Waals surface area contributed by atoms with Crippen LogP contribution in [0.5, 0.6) is 0 Å². The Hall–Kier alpha value is -2.31. The second kappa shape index (κ2) is 5.47. The highest BCUT2D eigenvalue weighted by atomic mass is 35.5. The maximum Gasteiger partial charge on any atom is 0.235 e. The Kier molecular flexibility index (Phi) is 3.32. The average Bonchev–Trinajstić information content (AvgIpc) is 3.10. The lowest BCUT2D eigenvalue weighted by Crippen LogP contribution is -1.94. The van der Waals surface area contributed by atoms with Crippen LogP contribution < -0.4 is 0 Å². The first-order valence-electron chi connectivity index (χ1n) is 6.66. The van der Waals surface area contributed by atoms with Crippen molar-refractivity contribution in [1.29, 1.82) is 0 Å². The van der Waals surface area contributed by atoms with Gasteiger partial charge in [-0.1, -0.05) is 41.1 Å². The van der Waals surface area contributed by atoms with E-state index in [1.54, 1.807) is 10.7 Å². The predicted molar refractivity (Wildman–Crippen MR) is 86.1 cm³/mol. The van der Waals surface area contributed by atoms with E-state index in [1.807, 2.05) is 42.5 Å². The maximum atomic E-state index is 5.91. The van der Waals surface area contributed by atoms with Gasteiger partial charge in [0.1, 0.15) is 10.7 Å². The van der Waals surface area contributed by atoms with Gasteiger partial charge in [-0.05, 0) is 29.8 Å². The van der Waals surface area contributed by atoms with Gasteiger partial charge in [0.15, 0.2) is 0 Å². The zero-order chi connectivity index (χ0) is 14.9. The summed E-state index contributed by atoms with van der Waals surface area (Å²) in [6.07, 6.45) is 2.48. The Balaban J connectivity index is 1.70. The molecule has 3 aromatic heterocycles. The summed E-state index contributed by atoms with van der Waals surface area (Å²) < 4.78 is 1.75. The third kappa shape index (κ3) is 2.47. The van der Waals surface area contributed by atoms with Gasteiger partial charge in [-0.25, -0.2) is 0 Å². The molecule has 0 atom stereocenters. The molecular weight excluding hydrogens is 318 g/mol. The van der Waals surface area contributed by atoms with Gasteiger partial charge in [-0.2, -0.15) is 9.61 Å². The van der Waals surface area contributed by atoms with E-state index in [0.29, 0.717) is 5.82 Å². The van der Waals surface area contributed by atoms with Gasteiger partial charge in [0, 0.05) is 17.6 Å². The summed E-state index contributed by atoms with van der Waals surface area (Å²) >= 11 is 7.44. The van der Waals surface area contributed by atoms with E-state index in [4.69, 9.17) is 11.6 Å². The number of hydrogen-bond donors (Lipinski definition) is 0. The standard InChI is InChI=1S/C15H10ClN5S/c16-11-6-4-10(5-7-11)9-13-20-21-14(18-19-15(21)22-13)12-3-1-2-8-17-12/h1-8H,9H2. The quantitative estimate of drug-likeness (QED) is 0.578. The van der Waals surface area contributed by atoms with Crippen LogP contribution in [-0.2, 0) is 6.42 Å². The molecule has 108 valence electrons. The average molecular weight is 328 g/mol. The van der Waals surface area contributed by atoms with Crippen molar-refractivity contribution in [2.45, 2.75) is 6.42 Å². The Morgan fingerprint density at radius 1 is 1.05 bits per heavy atom. The summed E-state index contributed by atoms with van der Waals surface area (Å²) in [6.45, 7) is 0. The molecule has 0 radical (unpaired) electrons. The van der Waals surface area contributed by atoms with Crippen LogP contribution in [0.15, 0.2) is 48.7 Å². The fourth-order valence-electron chi connectivity index (χ4n) is 2.16. The van der Waals surface area contributed by atoms with E-state index in [0.717, 1.165) is 32.7 Å². The Morgan fingerprint density at radius 3 is 2.68 bits per heavy atom. The van der Waals surface area contributed by atoms with Crippen LogP contribution in [0.25, 0.3) is 16.5 Å². The van der Waals surface area contributed by atoms with E-state index in [2.05, 4.69) is 20.3 Å². The molecule has 1 aromatic carbocycles. The van der Waals surface area contributed by atoms with E-state index in [-0.39, 0.29) is 0 Å².